The Kier molecular flexibility index (Phi) is 102. The largest absolute Gasteiger partial charge is 2.00 e. The summed E-state index contributed by atoms with van der Waals surface area (Å²) in [5.41, 5.74) is 0. The van der Waals surface area contributed by atoms with Crippen LogP contribution in [0, 0.1) is 10.1 Å². The van der Waals surface area contributed by atoms with Gasteiger partial charge in [0.1, 0.15) is 0 Å². The molecule has 0 saturated heterocycles. The Bertz CT molecular complexity index is 34.3. The van der Waals surface area contributed by atoms with Crippen LogP contribution in [0.4, 0.5) is 0 Å². The van der Waals surface area contributed by atoms with E-state index in [1.807, 2.05) is 0 Å². The first-order valence-electron chi connectivity index (χ1n) is 0.565. The molecule has 0 aliphatic carbocycles. The summed E-state index contributed by atoms with van der Waals surface area (Å²) in [5.74, 6) is 0. The van der Waals surface area contributed by atoms with Crippen LogP contribution in [0.25, 0.3) is 0 Å². The van der Waals surface area contributed by atoms with Gasteiger partial charge in [-0.25, -0.2) is 0 Å². The Morgan fingerprint density at radius 3 is 1.25 bits per heavy atom. The van der Waals surface area contributed by atoms with Gasteiger partial charge in [-0.1, -0.05) is 0 Å². The van der Waals surface area contributed by atoms with Gasteiger partial charge in [0.2, 0.25) is 0 Å². The molecule has 8 heavy (non-hydrogen) atoms. The van der Waals surface area contributed by atoms with E-state index < -0.39 is 5.09 Å². The van der Waals surface area contributed by atoms with Gasteiger partial charge in [0.15, 0.2) is 0 Å². The smallest absolute Gasteiger partial charge is 1.00 e. The molecular weight excluding hydrogens is 402 g/mol. The van der Waals surface area contributed by atoms with Crippen molar-refractivity contribution in [1.29, 1.82) is 0 Å². The molecule has 8 heteroatoms. The normalized spacial score (nSPS) is 3.00. The van der Waals surface area contributed by atoms with Crippen LogP contribution in [0.15, 0.2) is 0 Å². The van der Waals surface area contributed by atoms with E-state index in [4.69, 9.17) is 15.3 Å². The van der Waals surface area contributed by atoms with Gasteiger partial charge in [0.25, 0.3) is 5.09 Å². The van der Waals surface area contributed by atoms with Gasteiger partial charge >= 0.3 is 67.1 Å². The maximum absolute atomic E-state index is 8.36. The Hall–Kier alpha value is 1.38. The van der Waals surface area contributed by atoms with Crippen molar-refractivity contribution in [3.05, 3.63) is 10.1 Å². The molecule has 0 aromatic rings. The van der Waals surface area contributed by atoms with Crippen molar-refractivity contribution in [3.63, 3.8) is 0 Å². The molecule has 0 amide bonds. The van der Waals surface area contributed by atoms with Gasteiger partial charge < -0.3 is 10.7 Å². The molecule has 5 nitrogen and oxygen atoms in total. The number of hydrogen-bond donors (Lipinski definition) is 1. The third kappa shape index (κ3) is 158. The Labute approximate surface area is 92.2 Å². The quantitative estimate of drug-likeness (QED) is 0.337. The first-order chi connectivity index (χ1) is 1.73. The first kappa shape index (κ1) is 34.3. The van der Waals surface area contributed by atoms with Crippen LogP contribution in [0.5, 0.6) is 0 Å². The third-order valence-corrected chi connectivity index (χ3v) is 0. The molecule has 0 aliphatic rings. The zero-order valence-electron chi connectivity index (χ0n) is 3.02. The van der Waals surface area contributed by atoms with Gasteiger partial charge in [0, 0.05) is 0 Å². The minimum absolute atomic E-state index is 0. The fourth-order valence-electron chi connectivity index (χ4n) is 0. The summed E-state index contributed by atoms with van der Waals surface area (Å²) in [4.78, 5) is 8.36. The first-order valence-corrected chi connectivity index (χ1v) is 0.565. The molecule has 0 atom stereocenters. The second-order valence-corrected chi connectivity index (χ2v) is 0.238. The molecule has 62 valence electrons. The molecule has 0 spiro atoms. The number of nitrogens with zero attached hydrogens (tertiary/aromatic N) is 1. The SMILES string of the molecule is O=[N+]([O-])O.[Ag+].[Ag+].[Ag+].[O-2]. The van der Waals surface area contributed by atoms with Crippen LogP contribution in [-0.4, -0.2) is 10.3 Å². The molecule has 0 unspecified atom stereocenters. The van der Waals surface area contributed by atoms with Crippen LogP contribution < -0.4 is 0 Å². The van der Waals surface area contributed by atoms with Gasteiger partial charge in [-0.15, -0.1) is 10.1 Å². The predicted molar refractivity (Wildman–Crippen MR) is 9.47 cm³/mol. The standard InChI is InChI=1S/3Ag.HNO3.O/c;;;2-1(3)4;/h;;;(H,2,3,4);/q3*+1;;-2. The van der Waals surface area contributed by atoms with E-state index in [9.17, 15) is 0 Å². The zero-order chi connectivity index (χ0) is 3.58. The van der Waals surface area contributed by atoms with Crippen LogP contribution in [0.2, 0.25) is 0 Å². The van der Waals surface area contributed by atoms with Crippen molar-refractivity contribution in [2.45, 2.75) is 0 Å². The average Bonchev–Trinajstić information content (AvgIpc) is 0.811. The maximum atomic E-state index is 8.36. The van der Waals surface area contributed by atoms with E-state index in [1.54, 1.807) is 0 Å². The summed E-state index contributed by atoms with van der Waals surface area (Å²) in [6.07, 6.45) is 0. The summed E-state index contributed by atoms with van der Waals surface area (Å²) in [7, 11) is 0. The van der Waals surface area contributed by atoms with Crippen molar-refractivity contribution < 1.29 is 82.9 Å². The van der Waals surface area contributed by atoms with Crippen molar-refractivity contribution in [2.24, 2.45) is 0 Å². The van der Waals surface area contributed by atoms with Crippen LogP contribution >= 0.6 is 0 Å². The molecule has 0 aromatic heterocycles. The predicted octanol–water partition coefficient (Wildman–Crippen LogP) is -0.474. The van der Waals surface area contributed by atoms with E-state index in [2.05, 4.69) is 0 Å². The second kappa shape index (κ2) is 23.8. The van der Waals surface area contributed by atoms with Crippen molar-refractivity contribution >= 4 is 0 Å². The van der Waals surface area contributed by atoms with Crippen LogP contribution in [0.1, 0.15) is 0 Å². The van der Waals surface area contributed by atoms with Gasteiger partial charge in [0.05, 0.1) is 0 Å². The fourth-order valence-corrected chi connectivity index (χ4v) is 0. The minimum Gasteiger partial charge on any atom is -2.00 e. The summed E-state index contributed by atoms with van der Waals surface area (Å²) in [5, 5.41) is 13.6. The molecule has 0 heterocycles. The topological polar surface area (TPSA) is 91.9 Å². The van der Waals surface area contributed by atoms with Crippen molar-refractivity contribution in [2.75, 3.05) is 0 Å². The molecule has 0 fully saturated rings. The van der Waals surface area contributed by atoms with Gasteiger partial charge in [-0.05, 0) is 0 Å². The summed E-state index contributed by atoms with van der Waals surface area (Å²) < 4.78 is 0. The van der Waals surface area contributed by atoms with Crippen LogP contribution in [0.3, 0.4) is 0 Å². The van der Waals surface area contributed by atoms with E-state index in [0.29, 0.717) is 0 Å². The van der Waals surface area contributed by atoms with Crippen molar-refractivity contribution in [3.8, 4) is 0 Å². The molecule has 0 saturated carbocycles. The monoisotopic (exact) mass is 400 g/mol. The number of rotatable bonds is 0. The van der Waals surface area contributed by atoms with E-state index in [1.165, 1.54) is 0 Å². The number of hydrogen-bond acceptors (Lipinski definition) is 2. The molecule has 1 N–H and O–H groups in total. The van der Waals surface area contributed by atoms with Crippen LogP contribution in [-0.2, 0) is 72.6 Å². The van der Waals surface area contributed by atoms with Crippen molar-refractivity contribution in [1.82, 2.24) is 0 Å². The third-order valence-electron chi connectivity index (χ3n) is 0. The molecular formula is HAg3NO4+. The maximum Gasteiger partial charge on any atom is 1.00 e. The van der Waals surface area contributed by atoms with E-state index in [0.717, 1.165) is 0 Å². The summed E-state index contributed by atoms with van der Waals surface area (Å²) in [6, 6.07) is 0. The molecule has 0 aromatic carbocycles. The van der Waals surface area contributed by atoms with E-state index >= 15 is 0 Å². The Balaban J connectivity index is -0.00000000750. The fraction of sp³-hybridized carbons (Fsp3) is 0. The van der Waals surface area contributed by atoms with Gasteiger partial charge in [-0.2, -0.15) is 0 Å². The average molecular weight is 403 g/mol. The summed E-state index contributed by atoms with van der Waals surface area (Å²) >= 11 is 0. The molecule has 0 radical (unpaired) electrons. The Morgan fingerprint density at radius 1 is 1.25 bits per heavy atom. The molecule has 0 rings (SSSR count). The zero-order valence-corrected chi connectivity index (χ0v) is 7.47. The Morgan fingerprint density at radius 2 is 1.25 bits per heavy atom. The minimum atomic E-state index is -1.50. The molecule has 0 aliphatic heterocycles. The van der Waals surface area contributed by atoms with E-state index in [-0.39, 0.29) is 72.6 Å². The molecule has 0 bridgehead atoms. The van der Waals surface area contributed by atoms with Gasteiger partial charge in [-0.3, -0.25) is 0 Å². The second-order valence-electron chi connectivity index (χ2n) is 0.238. The summed E-state index contributed by atoms with van der Waals surface area (Å²) in [6.45, 7) is 0.